The zero-order valence-corrected chi connectivity index (χ0v) is 13.0. The van der Waals surface area contributed by atoms with Gasteiger partial charge in [0, 0.05) is 13.1 Å². The Morgan fingerprint density at radius 3 is 2.59 bits per heavy atom. The molecule has 2 aromatic carbocycles. The molecule has 0 fully saturated rings. The van der Waals surface area contributed by atoms with Crippen LogP contribution >= 0.6 is 0 Å². The van der Waals surface area contributed by atoms with Gasteiger partial charge in [-0.3, -0.25) is 0 Å². The Bertz CT molecular complexity index is 756. The van der Waals surface area contributed by atoms with E-state index in [0.717, 1.165) is 11.3 Å². The topological polar surface area (TPSA) is 55.8 Å². The summed E-state index contributed by atoms with van der Waals surface area (Å²) in [6.07, 6.45) is 0. The van der Waals surface area contributed by atoms with Crippen molar-refractivity contribution < 1.29 is 17.9 Å². The molecule has 6 heteroatoms. The summed E-state index contributed by atoms with van der Waals surface area (Å²) in [5, 5.41) is 0. The molecule has 0 spiro atoms. The number of hydrogen-bond acceptors (Lipinski definition) is 4. The number of rotatable bonds is 3. The van der Waals surface area contributed by atoms with E-state index in [1.54, 1.807) is 31.4 Å². The maximum absolute atomic E-state index is 12.8. The summed E-state index contributed by atoms with van der Waals surface area (Å²) in [4.78, 5) is 0.223. The van der Waals surface area contributed by atoms with E-state index in [-0.39, 0.29) is 4.90 Å². The van der Waals surface area contributed by atoms with Crippen molar-refractivity contribution in [1.29, 1.82) is 0 Å². The van der Waals surface area contributed by atoms with Crippen molar-refractivity contribution in [3.8, 4) is 11.5 Å². The third-order valence-electron chi connectivity index (χ3n) is 3.58. The summed E-state index contributed by atoms with van der Waals surface area (Å²) < 4.78 is 37.7. The highest BCUT2D eigenvalue weighted by Gasteiger charge is 2.30. The zero-order valence-electron chi connectivity index (χ0n) is 12.2. The van der Waals surface area contributed by atoms with E-state index >= 15 is 0 Å². The summed E-state index contributed by atoms with van der Waals surface area (Å²) in [5.74, 6) is 1.16. The lowest BCUT2D eigenvalue weighted by Crippen LogP contribution is -2.32. The Balaban J connectivity index is 1.90. The number of fused-ring (bicyclic) bond motifs is 1. The van der Waals surface area contributed by atoms with Crippen LogP contribution in [0.4, 0.5) is 0 Å². The monoisotopic (exact) mass is 319 g/mol. The molecule has 0 bridgehead atoms. The van der Waals surface area contributed by atoms with Crippen molar-refractivity contribution in [3.63, 3.8) is 0 Å². The van der Waals surface area contributed by atoms with Gasteiger partial charge < -0.3 is 9.47 Å². The van der Waals surface area contributed by atoms with E-state index < -0.39 is 10.0 Å². The second-order valence-electron chi connectivity index (χ2n) is 4.98. The average molecular weight is 319 g/mol. The third-order valence-corrected chi connectivity index (χ3v) is 5.47. The fourth-order valence-corrected chi connectivity index (χ4v) is 3.94. The zero-order chi connectivity index (χ0) is 15.6. The maximum Gasteiger partial charge on any atom is 0.247 e. The molecule has 0 aliphatic carbocycles. The van der Waals surface area contributed by atoms with Gasteiger partial charge in [-0.25, -0.2) is 8.42 Å². The molecular weight excluding hydrogens is 302 g/mol. The quantitative estimate of drug-likeness (QED) is 0.871. The molecule has 0 N–H and O–H groups in total. The van der Waals surface area contributed by atoms with Gasteiger partial charge in [0.25, 0.3) is 0 Å². The number of sulfonamides is 1. The van der Waals surface area contributed by atoms with Crippen LogP contribution in [-0.4, -0.2) is 33.0 Å². The van der Waals surface area contributed by atoms with Crippen LogP contribution in [0.3, 0.4) is 0 Å². The van der Waals surface area contributed by atoms with Gasteiger partial charge in [0.2, 0.25) is 10.0 Å². The van der Waals surface area contributed by atoms with Gasteiger partial charge in [-0.1, -0.05) is 24.3 Å². The van der Waals surface area contributed by atoms with Crippen LogP contribution in [0.25, 0.3) is 0 Å². The van der Waals surface area contributed by atoms with Crippen molar-refractivity contribution in [3.05, 3.63) is 54.1 Å². The minimum atomic E-state index is -3.56. The van der Waals surface area contributed by atoms with Crippen LogP contribution in [0, 0.1) is 0 Å². The number of para-hydroxylation sites is 1. The predicted molar refractivity (Wildman–Crippen MR) is 82.5 cm³/mol. The van der Waals surface area contributed by atoms with Crippen molar-refractivity contribution >= 4 is 10.0 Å². The van der Waals surface area contributed by atoms with E-state index in [2.05, 4.69) is 0 Å². The molecule has 0 radical (unpaired) electrons. The van der Waals surface area contributed by atoms with Gasteiger partial charge in [-0.2, -0.15) is 4.31 Å². The molecule has 1 aliphatic rings. The molecule has 22 heavy (non-hydrogen) atoms. The fourth-order valence-electron chi connectivity index (χ4n) is 2.40. The molecule has 0 aromatic heterocycles. The molecule has 0 amide bonds. The van der Waals surface area contributed by atoms with E-state index in [9.17, 15) is 8.42 Å². The first kappa shape index (κ1) is 14.9. The minimum Gasteiger partial charge on any atom is -0.497 e. The van der Waals surface area contributed by atoms with Crippen molar-refractivity contribution in [2.45, 2.75) is 11.4 Å². The lowest BCUT2D eigenvalue weighted by Gasteiger charge is -2.19. The SMILES string of the molecule is COc1ccc(CN2CCOc3ccccc3S2(=O)=O)cc1. The van der Waals surface area contributed by atoms with E-state index in [0.29, 0.717) is 25.4 Å². The van der Waals surface area contributed by atoms with Crippen LogP contribution < -0.4 is 9.47 Å². The standard InChI is InChI=1S/C16H17NO4S/c1-20-14-8-6-13(7-9-14)12-17-10-11-21-15-4-2-3-5-16(15)22(17,18)19/h2-9H,10-12H2,1H3. The number of hydrogen-bond donors (Lipinski definition) is 0. The summed E-state index contributed by atoms with van der Waals surface area (Å²) in [6.45, 7) is 0.972. The minimum absolute atomic E-state index is 0.223. The first-order valence-electron chi connectivity index (χ1n) is 6.96. The highest BCUT2D eigenvalue weighted by molar-refractivity contribution is 7.89. The van der Waals surface area contributed by atoms with Crippen LogP contribution in [0.2, 0.25) is 0 Å². The van der Waals surface area contributed by atoms with Crippen molar-refractivity contribution in [1.82, 2.24) is 4.31 Å². The molecule has 2 aromatic rings. The number of nitrogens with zero attached hydrogens (tertiary/aromatic N) is 1. The smallest absolute Gasteiger partial charge is 0.247 e. The van der Waals surface area contributed by atoms with Gasteiger partial charge >= 0.3 is 0 Å². The Kier molecular flexibility index (Phi) is 4.04. The van der Waals surface area contributed by atoms with Crippen LogP contribution in [-0.2, 0) is 16.6 Å². The summed E-state index contributed by atoms with van der Waals surface area (Å²) in [7, 11) is -1.96. The predicted octanol–water partition coefficient (Wildman–Crippen LogP) is 2.28. The molecule has 0 saturated heterocycles. The molecule has 0 saturated carbocycles. The highest BCUT2D eigenvalue weighted by Crippen LogP contribution is 2.30. The molecule has 1 aliphatic heterocycles. The summed E-state index contributed by atoms with van der Waals surface area (Å²) in [6, 6.07) is 14.1. The Morgan fingerprint density at radius 1 is 1.14 bits per heavy atom. The number of ether oxygens (including phenoxy) is 2. The van der Waals surface area contributed by atoms with E-state index in [1.807, 2.05) is 24.3 Å². The number of benzene rings is 2. The second-order valence-corrected chi connectivity index (χ2v) is 6.89. The average Bonchev–Trinajstić information content (AvgIpc) is 2.66. The third kappa shape index (κ3) is 2.80. The lowest BCUT2D eigenvalue weighted by atomic mass is 10.2. The highest BCUT2D eigenvalue weighted by atomic mass is 32.2. The van der Waals surface area contributed by atoms with Gasteiger partial charge in [0.15, 0.2) is 0 Å². The van der Waals surface area contributed by atoms with Crippen molar-refractivity contribution in [2.24, 2.45) is 0 Å². The molecule has 3 rings (SSSR count). The second kappa shape index (κ2) is 5.98. The van der Waals surface area contributed by atoms with E-state index in [1.165, 1.54) is 4.31 Å². The molecule has 0 atom stereocenters. The first-order chi connectivity index (χ1) is 10.6. The molecule has 0 unspecified atom stereocenters. The van der Waals surface area contributed by atoms with Crippen LogP contribution in [0.5, 0.6) is 11.5 Å². The molecule has 116 valence electrons. The van der Waals surface area contributed by atoms with Gasteiger partial charge in [-0.05, 0) is 29.8 Å². The van der Waals surface area contributed by atoms with Gasteiger partial charge in [0.1, 0.15) is 23.0 Å². The number of methoxy groups -OCH3 is 1. The van der Waals surface area contributed by atoms with Crippen molar-refractivity contribution in [2.75, 3.05) is 20.3 Å². The first-order valence-corrected chi connectivity index (χ1v) is 8.40. The van der Waals surface area contributed by atoms with Crippen LogP contribution in [0.1, 0.15) is 5.56 Å². The molecule has 1 heterocycles. The lowest BCUT2D eigenvalue weighted by molar-refractivity contribution is 0.278. The Morgan fingerprint density at radius 2 is 1.86 bits per heavy atom. The molecule has 5 nitrogen and oxygen atoms in total. The van der Waals surface area contributed by atoms with E-state index in [4.69, 9.17) is 9.47 Å². The maximum atomic E-state index is 12.8. The largest absolute Gasteiger partial charge is 0.497 e. The Labute approximate surface area is 130 Å². The summed E-state index contributed by atoms with van der Waals surface area (Å²) in [5.41, 5.74) is 0.906. The fraction of sp³-hybridized carbons (Fsp3) is 0.250. The summed E-state index contributed by atoms with van der Waals surface area (Å²) >= 11 is 0. The van der Waals surface area contributed by atoms with Gasteiger partial charge in [-0.15, -0.1) is 0 Å². The van der Waals surface area contributed by atoms with Crippen LogP contribution in [0.15, 0.2) is 53.4 Å². The normalized spacial score (nSPS) is 17.1. The van der Waals surface area contributed by atoms with Gasteiger partial charge in [0.05, 0.1) is 7.11 Å². The Hall–Kier alpha value is -2.05. The molecular formula is C16H17NO4S.